The van der Waals surface area contributed by atoms with Crippen LogP contribution in [0.15, 0.2) is 48.6 Å². The van der Waals surface area contributed by atoms with Gasteiger partial charge in [0.25, 0.3) is 0 Å². The van der Waals surface area contributed by atoms with E-state index in [1.165, 1.54) is 167 Å². The van der Waals surface area contributed by atoms with Gasteiger partial charge in [0.15, 0.2) is 18.9 Å². The Labute approximate surface area is 561 Å². The van der Waals surface area contributed by atoms with Gasteiger partial charge in [0.05, 0.1) is 38.6 Å². The number of hydrogen-bond acceptors (Lipinski definition) is 18. The van der Waals surface area contributed by atoms with Crippen molar-refractivity contribution < 1.29 is 89.4 Å². The molecule has 3 fully saturated rings. The summed E-state index contributed by atoms with van der Waals surface area (Å²) in [7, 11) is 0. The average molecular weight is 1330 g/mol. The quantitative estimate of drug-likeness (QED) is 0.0199. The molecule has 0 aromatic carbocycles. The van der Waals surface area contributed by atoms with Gasteiger partial charge < -0.3 is 89.9 Å². The van der Waals surface area contributed by atoms with E-state index in [1.807, 2.05) is 0 Å². The molecule has 3 rings (SSSR count). The summed E-state index contributed by atoms with van der Waals surface area (Å²) in [5.74, 6) is -0.249. The molecule has 3 aliphatic rings. The summed E-state index contributed by atoms with van der Waals surface area (Å²) in [5, 5.41) is 121. The number of amides is 1. The van der Waals surface area contributed by atoms with Crippen LogP contribution in [-0.2, 0) is 33.2 Å². The zero-order chi connectivity index (χ0) is 67.5. The number of ether oxygens (including phenoxy) is 6. The first-order valence-electron chi connectivity index (χ1n) is 37.4. The third-order valence-corrected chi connectivity index (χ3v) is 18.7. The van der Waals surface area contributed by atoms with Gasteiger partial charge in [-0.05, 0) is 51.4 Å². The minimum atomic E-state index is -1.98. The van der Waals surface area contributed by atoms with Gasteiger partial charge in [0.2, 0.25) is 5.91 Å². The van der Waals surface area contributed by atoms with Gasteiger partial charge in [-0.1, -0.05) is 274 Å². The van der Waals surface area contributed by atoms with E-state index in [0.717, 1.165) is 83.5 Å². The van der Waals surface area contributed by atoms with Crippen LogP contribution >= 0.6 is 0 Å². The van der Waals surface area contributed by atoms with E-state index in [2.05, 4.69) is 67.8 Å². The molecular weight excluding hydrogens is 1190 g/mol. The largest absolute Gasteiger partial charge is 0.394 e. The van der Waals surface area contributed by atoms with E-state index in [9.17, 15) is 61.0 Å². The highest BCUT2D eigenvalue weighted by molar-refractivity contribution is 5.76. The molecular formula is C74H135NO18. The van der Waals surface area contributed by atoms with Gasteiger partial charge in [-0.3, -0.25) is 4.79 Å². The summed E-state index contributed by atoms with van der Waals surface area (Å²) in [6, 6.07) is -0.895. The first kappa shape index (κ1) is 85.0. The van der Waals surface area contributed by atoms with E-state index in [0.29, 0.717) is 12.8 Å². The molecule has 0 aliphatic carbocycles. The van der Waals surface area contributed by atoms with Crippen molar-refractivity contribution in [2.45, 2.75) is 388 Å². The topological polar surface area (TPSA) is 307 Å². The molecule has 3 saturated heterocycles. The van der Waals surface area contributed by atoms with Crippen molar-refractivity contribution in [3.63, 3.8) is 0 Å². The summed E-state index contributed by atoms with van der Waals surface area (Å²) < 4.78 is 34.5. The van der Waals surface area contributed by atoms with Crippen LogP contribution in [0.3, 0.4) is 0 Å². The number of nitrogens with one attached hydrogen (secondary N) is 1. The van der Waals surface area contributed by atoms with Crippen molar-refractivity contribution in [2.75, 3.05) is 26.4 Å². The lowest BCUT2D eigenvalue weighted by molar-refractivity contribution is -0.379. The van der Waals surface area contributed by atoms with Crippen molar-refractivity contribution >= 4 is 5.91 Å². The lowest BCUT2D eigenvalue weighted by Crippen LogP contribution is -2.66. The minimum Gasteiger partial charge on any atom is -0.394 e. The van der Waals surface area contributed by atoms with Crippen molar-refractivity contribution in [3.8, 4) is 0 Å². The number of hydrogen-bond donors (Lipinski definition) is 12. The highest BCUT2D eigenvalue weighted by Gasteiger charge is 2.53. The van der Waals surface area contributed by atoms with Gasteiger partial charge in [-0.25, -0.2) is 0 Å². The van der Waals surface area contributed by atoms with Crippen molar-refractivity contribution in [3.05, 3.63) is 48.6 Å². The van der Waals surface area contributed by atoms with Crippen molar-refractivity contribution in [1.82, 2.24) is 5.32 Å². The number of rotatable bonds is 58. The Morgan fingerprint density at radius 1 is 0.398 bits per heavy atom. The maximum atomic E-state index is 13.5. The van der Waals surface area contributed by atoms with Crippen LogP contribution in [0, 0.1) is 0 Å². The fourth-order valence-corrected chi connectivity index (χ4v) is 12.7. The molecule has 0 aromatic heterocycles. The second-order valence-electron chi connectivity index (χ2n) is 26.7. The Morgan fingerprint density at radius 2 is 0.742 bits per heavy atom. The van der Waals surface area contributed by atoms with Crippen LogP contribution < -0.4 is 5.32 Å². The highest BCUT2D eigenvalue weighted by atomic mass is 16.8. The average Bonchev–Trinajstić information content (AvgIpc) is 1.48. The van der Waals surface area contributed by atoms with Gasteiger partial charge in [0, 0.05) is 6.42 Å². The van der Waals surface area contributed by atoms with Crippen LogP contribution in [0.5, 0.6) is 0 Å². The molecule has 0 bridgehead atoms. The molecule has 3 heterocycles. The number of carbonyl (C=O) groups is 1. The standard InChI is InChI=1S/C74H135NO18/c1-3-5-7-9-11-13-15-17-19-21-23-25-26-27-28-29-30-32-33-35-37-39-41-43-45-47-49-51-58(79)57(75-62(80)52-50-48-46-44-42-40-38-36-34-31-24-22-20-18-16-14-12-10-8-6-4-2)56-88-72-68(86)65(83)70(60(54-77)90-72)93-74-69(87)66(84)71(61(55-78)91-74)92-73-67(85)64(82)63(81)59(53-76)89-73/h6,8,12,14,18,20,24,31,57-61,63-74,76-79,81-87H,3-5,7,9-11,13,15-17,19,21-23,25-30,32-56H2,1-2H3,(H,75,80)/b8-6-,14-12-,20-18-,31-24-. The first-order chi connectivity index (χ1) is 45.3. The summed E-state index contributed by atoms with van der Waals surface area (Å²) in [5.41, 5.74) is 0. The Kier molecular flexibility index (Phi) is 50.8. The summed E-state index contributed by atoms with van der Waals surface area (Å²) >= 11 is 0. The molecule has 0 spiro atoms. The lowest BCUT2D eigenvalue weighted by atomic mass is 9.96. The van der Waals surface area contributed by atoms with Gasteiger partial charge >= 0.3 is 0 Å². The zero-order valence-electron chi connectivity index (χ0n) is 57.7. The Bertz CT molecular complexity index is 1870. The summed E-state index contributed by atoms with van der Waals surface area (Å²) in [6.45, 7) is 1.71. The normalized spacial score (nSPS) is 27.8. The Morgan fingerprint density at radius 3 is 1.16 bits per heavy atom. The molecule has 0 aromatic rings. The van der Waals surface area contributed by atoms with Crippen LogP contribution in [0.4, 0.5) is 0 Å². The predicted octanol–water partition coefficient (Wildman–Crippen LogP) is 10.9. The van der Waals surface area contributed by atoms with Gasteiger partial charge in [-0.2, -0.15) is 0 Å². The summed E-state index contributed by atoms with van der Waals surface area (Å²) in [6.07, 6.45) is 40.4. The Balaban J connectivity index is 1.40. The van der Waals surface area contributed by atoms with Crippen LogP contribution in [0.2, 0.25) is 0 Å². The molecule has 12 N–H and O–H groups in total. The second-order valence-corrected chi connectivity index (χ2v) is 26.7. The molecule has 3 aliphatic heterocycles. The fraction of sp³-hybridized carbons (Fsp3) is 0.878. The number of aliphatic hydroxyl groups excluding tert-OH is 11. The summed E-state index contributed by atoms with van der Waals surface area (Å²) in [4.78, 5) is 13.5. The SMILES string of the molecule is CC/C=C\C/C=C\C/C=C\C/C=C\CCCCCCCCCCC(=O)NC(COC1OC(CO)C(OC2OC(CO)C(OC3OC(CO)C(O)C(O)C3O)C(O)C2O)C(O)C1O)C(O)CCCCCCCCCCCCCCCCCCCCCCCCCCCCC. The third kappa shape index (κ3) is 37.0. The van der Waals surface area contributed by atoms with Gasteiger partial charge in [0.1, 0.15) is 73.2 Å². The predicted molar refractivity (Wildman–Crippen MR) is 365 cm³/mol. The second kappa shape index (κ2) is 55.6. The number of allylic oxidation sites excluding steroid dienone is 8. The molecule has 17 atom stereocenters. The number of carbonyl (C=O) groups excluding carboxylic acids is 1. The third-order valence-electron chi connectivity index (χ3n) is 18.7. The Hall–Kier alpha value is -2.25. The monoisotopic (exact) mass is 1330 g/mol. The first-order valence-corrected chi connectivity index (χ1v) is 37.4. The molecule has 0 saturated carbocycles. The smallest absolute Gasteiger partial charge is 0.220 e. The highest BCUT2D eigenvalue weighted by Crippen LogP contribution is 2.33. The number of aliphatic hydroxyl groups is 11. The minimum absolute atomic E-state index is 0.249. The fourth-order valence-electron chi connectivity index (χ4n) is 12.7. The van der Waals surface area contributed by atoms with Crippen LogP contribution in [-0.4, -0.2) is 193 Å². The van der Waals surface area contributed by atoms with Crippen molar-refractivity contribution in [2.24, 2.45) is 0 Å². The van der Waals surface area contributed by atoms with E-state index in [4.69, 9.17) is 28.4 Å². The van der Waals surface area contributed by atoms with E-state index < -0.39 is 124 Å². The molecule has 19 nitrogen and oxygen atoms in total. The molecule has 19 heteroatoms. The molecule has 0 radical (unpaired) electrons. The number of unbranched alkanes of at least 4 members (excludes halogenated alkanes) is 34. The van der Waals surface area contributed by atoms with Crippen LogP contribution in [0.1, 0.15) is 284 Å². The van der Waals surface area contributed by atoms with E-state index in [-0.39, 0.29) is 18.9 Å². The molecule has 1 amide bonds. The lowest BCUT2D eigenvalue weighted by Gasteiger charge is -2.48. The molecule has 17 unspecified atom stereocenters. The molecule has 93 heavy (non-hydrogen) atoms. The maximum absolute atomic E-state index is 13.5. The van der Waals surface area contributed by atoms with Gasteiger partial charge in [-0.15, -0.1) is 0 Å². The van der Waals surface area contributed by atoms with E-state index >= 15 is 0 Å². The zero-order valence-corrected chi connectivity index (χ0v) is 57.7. The van der Waals surface area contributed by atoms with Crippen LogP contribution in [0.25, 0.3) is 0 Å². The van der Waals surface area contributed by atoms with E-state index in [1.54, 1.807) is 0 Å². The molecule has 544 valence electrons. The maximum Gasteiger partial charge on any atom is 0.220 e. The van der Waals surface area contributed by atoms with Crippen molar-refractivity contribution in [1.29, 1.82) is 0 Å².